The van der Waals surface area contributed by atoms with Crippen LogP contribution in [0, 0.1) is 0 Å². The van der Waals surface area contributed by atoms with Crippen LogP contribution in [0.25, 0.3) is 0 Å². The van der Waals surface area contributed by atoms with E-state index in [-0.39, 0.29) is 6.10 Å². The van der Waals surface area contributed by atoms with Gasteiger partial charge in [-0.3, -0.25) is 0 Å². The zero-order valence-corrected chi connectivity index (χ0v) is 14.4. The normalized spacial score (nSPS) is 12.1. The van der Waals surface area contributed by atoms with Crippen molar-refractivity contribution in [2.45, 2.75) is 26.0 Å². The minimum Gasteiger partial charge on any atom is -0.435 e. The third kappa shape index (κ3) is 6.04. The molecule has 124 valence electrons. The Morgan fingerprint density at radius 2 is 2.00 bits per heavy atom. The van der Waals surface area contributed by atoms with Crippen LogP contribution in [0.1, 0.15) is 29.9 Å². The number of carbonyl (C=O) groups is 1. The molecule has 0 bridgehead atoms. The number of hydrogen-bond donors (Lipinski definition) is 0. The molecule has 0 N–H and O–H groups in total. The second kappa shape index (κ2) is 9.33. The molecular formula is C18H23NO3S. The Kier molecular flexibility index (Phi) is 7.10. The maximum absolute atomic E-state index is 11.6. The maximum Gasteiger partial charge on any atom is 0.508 e. The Labute approximate surface area is 141 Å². The summed E-state index contributed by atoms with van der Waals surface area (Å²) in [5.74, 6) is 0. The van der Waals surface area contributed by atoms with E-state index in [1.165, 1.54) is 5.56 Å². The van der Waals surface area contributed by atoms with Crippen molar-refractivity contribution in [3.63, 3.8) is 0 Å². The molecule has 4 nitrogen and oxygen atoms in total. The van der Waals surface area contributed by atoms with Crippen molar-refractivity contribution in [1.29, 1.82) is 0 Å². The highest BCUT2D eigenvalue weighted by Crippen LogP contribution is 2.26. The lowest BCUT2D eigenvalue weighted by atomic mass is 10.2. The Morgan fingerprint density at radius 1 is 1.22 bits per heavy atom. The fourth-order valence-electron chi connectivity index (χ4n) is 2.31. The van der Waals surface area contributed by atoms with Crippen LogP contribution >= 0.6 is 11.3 Å². The van der Waals surface area contributed by atoms with Crippen molar-refractivity contribution in [2.75, 3.05) is 20.2 Å². The van der Waals surface area contributed by atoms with Crippen molar-refractivity contribution in [1.82, 2.24) is 4.90 Å². The first kappa shape index (κ1) is 17.5. The lowest BCUT2D eigenvalue weighted by Crippen LogP contribution is -2.22. The van der Waals surface area contributed by atoms with Crippen molar-refractivity contribution < 1.29 is 14.3 Å². The molecule has 0 amide bonds. The molecule has 0 spiro atoms. The molecule has 0 saturated carbocycles. The summed E-state index contributed by atoms with van der Waals surface area (Å²) in [6, 6.07) is 14.3. The summed E-state index contributed by atoms with van der Waals surface area (Å²) in [5, 5.41) is 1.99. The van der Waals surface area contributed by atoms with E-state index in [9.17, 15) is 4.79 Å². The van der Waals surface area contributed by atoms with Gasteiger partial charge in [0.15, 0.2) is 0 Å². The predicted molar refractivity (Wildman–Crippen MR) is 92.6 cm³/mol. The van der Waals surface area contributed by atoms with E-state index in [2.05, 4.69) is 24.1 Å². The molecule has 1 unspecified atom stereocenters. The van der Waals surface area contributed by atoms with Crippen LogP contribution < -0.4 is 0 Å². The van der Waals surface area contributed by atoms with E-state index < -0.39 is 6.16 Å². The molecule has 2 aromatic rings. The number of nitrogens with zero attached hydrogens (tertiary/aromatic N) is 1. The van der Waals surface area contributed by atoms with Crippen molar-refractivity contribution in [2.24, 2.45) is 0 Å². The molecule has 1 aromatic carbocycles. The number of ether oxygens (including phenoxy) is 2. The van der Waals surface area contributed by atoms with Gasteiger partial charge >= 0.3 is 6.16 Å². The van der Waals surface area contributed by atoms with E-state index in [4.69, 9.17) is 9.47 Å². The second-order valence-electron chi connectivity index (χ2n) is 5.32. The molecule has 0 aliphatic carbocycles. The summed E-state index contributed by atoms with van der Waals surface area (Å²) in [4.78, 5) is 14.9. The number of rotatable bonds is 8. The zero-order valence-electron chi connectivity index (χ0n) is 13.6. The fraction of sp³-hybridized carbons (Fsp3) is 0.389. The molecule has 0 radical (unpaired) electrons. The Bertz CT molecular complexity index is 571. The molecule has 1 aromatic heterocycles. The van der Waals surface area contributed by atoms with Gasteiger partial charge in [-0.15, -0.1) is 11.3 Å². The van der Waals surface area contributed by atoms with Gasteiger partial charge in [0.05, 0.1) is 6.61 Å². The molecule has 0 aliphatic heterocycles. The van der Waals surface area contributed by atoms with Crippen molar-refractivity contribution in [3.8, 4) is 0 Å². The number of benzene rings is 1. The van der Waals surface area contributed by atoms with Gasteiger partial charge < -0.3 is 14.4 Å². The fourth-order valence-corrected chi connectivity index (χ4v) is 3.10. The molecule has 23 heavy (non-hydrogen) atoms. The molecule has 0 aliphatic rings. The Morgan fingerprint density at radius 3 is 2.65 bits per heavy atom. The van der Waals surface area contributed by atoms with Gasteiger partial charge in [0.1, 0.15) is 6.10 Å². The molecule has 2 rings (SSSR count). The van der Waals surface area contributed by atoms with E-state index in [0.29, 0.717) is 6.61 Å². The number of thiophene rings is 1. The van der Waals surface area contributed by atoms with E-state index >= 15 is 0 Å². The van der Waals surface area contributed by atoms with Crippen LogP contribution in [0.4, 0.5) is 4.79 Å². The third-order valence-electron chi connectivity index (χ3n) is 3.43. The van der Waals surface area contributed by atoms with Crippen LogP contribution in [-0.2, 0) is 16.0 Å². The largest absolute Gasteiger partial charge is 0.508 e. The highest BCUT2D eigenvalue weighted by atomic mass is 32.1. The average molecular weight is 333 g/mol. The number of hydrogen-bond acceptors (Lipinski definition) is 5. The summed E-state index contributed by atoms with van der Waals surface area (Å²) in [6.07, 6.45) is -0.119. The topological polar surface area (TPSA) is 38.8 Å². The van der Waals surface area contributed by atoms with Gasteiger partial charge in [-0.25, -0.2) is 4.79 Å². The zero-order chi connectivity index (χ0) is 16.5. The summed E-state index contributed by atoms with van der Waals surface area (Å²) in [6.45, 7) is 3.80. The SMILES string of the molecule is CCOC(=O)OC(CCN(C)Cc1ccccc1)c1cccs1. The van der Waals surface area contributed by atoms with Crippen LogP contribution in [0.15, 0.2) is 47.8 Å². The molecule has 5 heteroatoms. The maximum atomic E-state index is 11.6. The highest BCUT2D eigenvalue weighted by Gasteiger charge is 2.19. The lowest BCUT2D eigenvalue weighted by molar-refractivity contribution is 0.0210. The summed E-state index contributed by atoms with van der Waals surface area (Å²) >= 11 is 1.60. The van der Waals surface area contributed by atoms with Gasteiger partial charge in [0.25, 0.3) is 0 Å². The van der Waals surface area contributed by atoms with Gasteiger partial charge in [0.2, 0.25) is 0 Å². The van der Waals surface area contributed by atoms with Gasteiger partial charge in [-0.05, 0) is 31.0 Å². The van der Waals surface area contributed by atoms with E-state index in [1.807, 2.05) is 35.7 Å². The minimum absolute atomic E-state index is 0.257. The first-order valence-electron chi connectivity index (χ1n) is 7.78. The van der Waals surface area contributed by atoms with Crippen molar-refractivity contribution in [3.05, 3.63) is 58.3 Å². The first-order valence-corrected chi connectivity index (χ1v) is 8.66. The summed E-state index contributed by atoms with van der Waals surface area (Å²) in [5.41, 5.74) is 1.27. The highest BCUT2D eigenvalue weighted by molar-refractivity contribution is 7.10. The summed E-state index contributed by atoms with van der Waals surface area (Å²) in [7, 11) is 2.07. The Hall–Kier alpha value is -1.85. The van der Waals surface area contributed by atoms with Crippen LogP contribution in [0.3, 0.4) is 0 Å². The molecule has 0 fully saturated rings. The quantitative estimate of drug-likeness (QED) is 0.668. The van der Waals surface area contributed by atoms with Crippen molar-refractivity contribution >= 4 is 17.5 Å². The standard InChI is InChI=1S/C18H23NO3S/c1-3-21-18(20)22-16(17-10-7-13-23-17)11-12-19(2)14-15-8-5-4-6-9-15/h4-10,13,16H,3,11-12,14H2,1-2H3. The molecule has 1 heterocycles. The van der Waals surface area contributed by atoms with E-state index in [1.54, 1.807) is 18.3 Å². The predicted octanol–water partition coefficient (Wildman–Crippen LogP) is 4.48. The van der Waals surface area contributed by atoms with Gasteiger partial charge in [0, 0.05) is 24.4 Å². The second-order valence-corrected chi connectivity index (χ2v) is 6.30. The minimum atomic E-state index is -0.600. The Balaban J connectivity index is 1.88. The smallest absolute Gasteiger partial charge is 0.435 e. The summed E-state index contributed by atoms with van der Waals surface area (Å²) < 4.78 is 10.4. The third-order valence-corrected chi connectivity index (χ3v) is 4.39. The van der Waals surface area contributed by atoms with Crippen LogP contribution in [0.2, 0.25) is 0 Å². The van der Waals surface area contributed by atoms with Gasteiger partial charge in [-0.1, -0.05) is 36.4 Å². The van der Waals surface area contributed by atoms with Gasteiger partial charge in [-0.2, -0.15) is 0 Å². The molecule has 1 atom stereocenters. The average Bonchev–Trinajstić information content (AvgIpc) is 3.07. The molecular weight excluding hydrogens is 310 g/mol. The van der Waals surface area contributed by atoms with E-state index in [0.717, 1.165) is 24.4 Å². The monoisotopic (exact) mass is 333 g/mol. The molecule has 0 saturated heterocycles. The lowest BCUT2D eigenvalue weighted by Gasteiger charge is -2.21. The van der Waals surface area contributed by atoms with Crippen LogP contribution in [-0.4, -0.2) is 31.3 Å². The number of carbonyl (C=O) groups excluding carboxylic acids is 1. The first-order chi connectivity index (χ1) is 11.2. The van der Waals surface area contributed by atoms with Crippen LogP contribution in [0.5, 0.6) is 0 Å².